The zero-order valence-corrected chi connectivity index (χ0v) is 10.6. The van der Waals surface area contributed by atoms with Crippen LogP contribution in [0.5, 0.6) is 0 Å². The first-order valence-electron chi connectivity index (χ1n) is 6.13. The Labute approximate surface area is 103 Å². The summed E-state index contributed by atoms with van der Waals surface area (Å²) in [4.78, 5) is 13.3. The molecule has 1 aromatic heterocycles. The van der Waals surface area contributed by atoms with Gasteiger partial charge in [-0.25, -0.2) is 9.97 Å². The van der Waals surface area contributed by atoms with E-state index in [1.807, 2.05) is 12.4 Å². The number of hydrogen-bond acceptors (Lipinski definition) is 5. The molecule has 1 aromatic rings. The largest absolute Gasteiger partial charge is 0.341 e. The zero-order chi connectivity index (χ0) is 12.3. The smallest absolute Gasteiger partial charge is 0.225 e. The van der Waals surface area contributed by atoms with Crippen molar-refractivity contribution in [3.8, 4) is 0 Å². The van der Waals surface area contributed by atoms with Gasteiger partial charge >= 0.3 is 0 Å². The third-order valence-corrected chi connectivity index (χ3v) is 3.41. The molecule has 0 aromatic carbocycles. The van der Waals surface area contributed by atoms with E-state index in [2.05, 4.69) is 33.9 Å². The first-order chi connectivity index (χ1) is 8.20. The molecule has 5 nitrogen and oxygen atoms in total. The number of aromatic nitrogens is 2. The highest BCUT2D eigenvalue weighted by molar-refractivity contribution is 5.30. The number of nitrogens with two attached hydrogens (primary N) is 1. The predicted octanol–water partition coefficient (Wildman–Crippen LogP) is 0.466. The highest BCUT2D eigenvalue weighted by atomic mass is 15.3. The number of anilines is 1. The third kappa shape index (κ3) is 2.92. The van der Waals surface area contributed by atoms with Crippen LogP contribution in [0.25, 0.3) is 0 Å². The first-order valence-corrected chi connectivity index (χ1v) is 6.13. The van der Waals surface area contributed by atoms with Crippen LogP contribution in [0.1, 0.15) is 18.4 Å². The normalized spacial score (nSPS) is 17.8. The number of nitrogens with zero attached hydrogens (tertiary/aromatic N) is 4. The van der Waals surface area contributed by atoms with Gasteiger partial charge in [0.05, 0.1) is 0 Å². The van der Waals surface area contributed by atoms with Gasteiger partial charge in [0.2, 0.25) is 5.95 Å². The third-order valence-electron chi connectivity index (χ3n) is 3.41. The maximum absolute atomic E-state index is 5.53. The van der Waals surface area contributed by atoms with Gasteiger partial charge in [-0.2, -0.15) is 0 Å². The van der Waals surface area contributed by atoms with Crippen LogP contribution in [0, 0.1) is 0 Å². The van der Waals surface area contributed by atoms with Gasteiger partial charge in [0.25, 0.3) is 0 Å². The maximum Gasteiger partial charge on any atom is 0.225 e. The molecule has 1 aliphatic heterocycles. The van der Waals surface area contributed by atoms with E-state index < -0.39 is 0 Å². The molecule has 2 heterocycles. The van der Waals surface area contributed by atoms with Crippen molar-refractivity contribution in [2.45, 2.75) is 25.4 Å². The van der Waals surface area contributed by atoms with E-state index in [1.165, 1.54) is 12.8 Å². The van der Waals surface area contributed by atoms with Crippen molar-refractivity contribution in [2.75, 3.05) is 32.1 Å². The van der Waals surface area contributed by atoms with Gasteiger partial charge in [-0.15, -0.1) is 0 Å². The van der Waals surface area contributed by atoms with Crippen molar-refractivity contribution in [3.63, 3.8) is 0 Å². The van der Waals surface area contributed by atoms with Crippen LogP contribution in [-0.2, 0) is 6.54 Å². The van der Waals surface area contributed by atoms with Crippen LogP contribution in [0.2, 0.25) is 0 Å². The summed E-state index contributed by atoms with van der Waals surface area (Å²) in [6.07, 6.45) is 5.99. The Morgan fingerprint density at radius 2 is 1.88 bits per heavy atom. The molecule has 0 bridgehead atoms. The second-order valence-corrected chi connectivity index (χ2v) is 4.78. The molecule has 0 aliphatic carbocycles. The Morgan fingerprint density at radius 3 is 2.35 bits per heavy atom. The van der Waals surface area contributed by atoms with Crippen LogP contribution in [-0.4, -0.2) is 48.1 Å². The van der Waals surface area contributed by atoms with Crippen LogP contribution in [0.3, 0.4) is 0 Å². The molecular formula is C12H21N5. The lowest BCUT2D eigenvalue weighted by atomic mass is 10.0. The quantitative estimate of drug-likeness (QED) is 0.825. The molecule has 1 aliphatic rings. The second-order valence-electron chi connectivity index (χ2n) is 4.78. The summed E-state index contributed by atoms with van der Waals surface area (Å²) < 4.78 is 0. The van der Waals surface area contributed by atoms with Crippen LogP contribution >= 0.6 is 0 Å². The lowest BCUT2D eigenvalue weighted by Gasteiger charge is -2.35. The summed E-state index contributed by atoms with van der Waals surface area (Å²) in [7, 11) is 4.29. The molecule has 1 saturated heterocycles. The van der Waals surface area contributed by atoms with Crippen molar-refractivity contribution in [1.82, 2.24) is 14.9 Å². The van der Waals surface area contributed by atoms with Gasteiger partial charge in [0.15, 0.2) is 0 Å². The van der Waals surface area contributed by atoms with E-state index in [4.69, 9.17) is 5.73 Å². The van der Waals surface area contributed by atoms with Crippen molar-refractivity contribution in [1.29, 1.82) is 0 Å². The molecule has 0 atom stereocenters. The van der Waals surface area contributed by atoms with Crippen molar-refractivity contribution in [3.05, 3.63) is 18.0 Å². The fourth-order valence-corrected chi connectivity index (χ4v) is 2.20. The van der Waals surface area contributed by atoms with Crippen molar-refractivity contribution in [2.24, 2.45) is 5.73 Å². The minimum atomic E-state index is 0.503. The Kier molecular flexibility index (Phi) is 3.91. The molecule has 2 N–H and O–H groups in total. The Hall–Kier alpha value is -1.20. The van der Waals surface area contributed by atoms with Gasteiger partial charge in [-0.3, -0.25) is 0 Å². The van der Waals surface area contributed by atoms with E-state index in [-0.39, 0.29) is 0 Å². The molecule has 5 heteroatoms. The van der Waals surface area contributed by atoms with Gasteiger partial charge in [0.1, 0.15) is 0 Å². The lowest BCUT2D eigenvalue weighted by molar-refractivity contribution is 0.249. The van der Waals surface area contributed by atoms with E-state index >= 15 is 0 Å². The maximum atomic E-state index is 5.53. The van der Waals surface area contributed by atoms with E-state index in [0.717, 1.165) is 24.6 Å². The van der Waals surface area contributed by atoms with E-state index in [9.17, 15) is 0 Å². The average molecular weight is 235 g/mol. The molecular weight excluding hydrogens is 214 g/mol. The zero-order valence-electron chi connectivity index (χ0n) is 10.6. The van der Waals surface area contributed by atoms with E-state index in [0.29, 0.717) is 12.6 Å². The standard InChI is InChI=1S/C12H21N5/c1-16(2)11-3-5-17(6-4-11)12-14-8-10(7-13)9-15-12/h8-9,11H,3-7,13H2,1-2H3. The van der Waals surface area contributed by atoms with Crippen LogP contribution < -0.4 is 10.6 Å². The predicted molar refractivity (Wildman–Crippen MR) is 68.8 cm³/mol. The fraction of sp³-hybridized carbons (Fsp3) is 0.667. The Morgan fingerprint density at radius 1 is 1.29 bits per heavy atom. The molecule has 0 radical (unpaired) electrons. The summed E-state index contributed by atoms with van der Waals surface area (Å²) in [6, 6.07) is 0.689. The summed E-state index contributed by atoms with van der Waals surface area (Å²) in [5.41, 5.74) is 6.51. The Balaban J connectivity index is 1.95. The molecule has 0 unspecified atom stereocenters. The van der Waals surface area contributed by atoms with Gasteiger partial charge in [-0.05, 0) is 26.9 Å². The van der Waals surface area contributed by atoms with E-state index in [1.54, 1.807) is 0 Å². The van der Waals surface area contributed by atoms with Gasteiger partial charge < -0.3 is 15.5 Å². The number of piperidine rings is 1. The molecule has 17 heavy (non-hydrogen) atoms. The van der Waals surface area contributed by atoms with Crippen LogP contribution in [0.4, 0.5) is 5.95 Å². The van der Waals surface area contributed by atoms with Crippen molar-refractivity contribution >= 4 is 5.95 Å². The monoisotopic (exact) mass is 235 g/mol. The summed E-state index contributed by atoms with van der Waals surface area (Å²) in [5, 5.41) is 0. The molecule has 94 valence electrons. The minimum Gasteiger partial charge on any atom is -0.341 e. The van der Waals surface area contributed by atoms with Crippen LogP contribution in [0.15, 0.2) is 12.4 Å². The minimum absolute atomic E-state index is 0.503. The average Bonchev–Trinajstić information content (AvgIpc) is 2.39. The Bertz CT molecular complexity index is 340. The number of hydrogen-bond donors (Lipinski definition) is 1. The highest BCUT2D eigenvalue weighted by Gasteiger charge is 2.21. The molecule has 0 amide bonds. The van der Waals surface area contributed by atoms with Gasteiger partial charge in [0, 0.05) is 43.6 Å². The highest BCUT2D eigenvalue weighted by Crippen LogP contribution is 2.18. The molecule has 0 spiro atoms. The van der Waals surface area contributed by atoms with Crippen molar-refractivity contribution < 1.29 is 0 Å². The van der Waals surface area contributed by atoms with Gasteiger partial charge in [-0.1, -0.05) is 0 Å². The topological polar surface area (TPSA) is 58.3 Å². The SMILES string of the molecule is CN(C)C1CCN(c2ncc(CN)cn2)CC1. The summed E-state index contributed by atoms with van der Waals surface area (Å²) in [6.45, 7) is 2.57. The second kappa shape index (κ2) is 5.42. The lowest BCUT2D eigenvalue weighted by Crippen LogP contribution is -2.42. The summed E-state index contributed by atoms with van der Waals surface area (Å²) >= 11 is 0. The molecule has 1 fully saturated rings. The fourth-order valence-electron chi connectivity index (χ4n) is 2.20. The first kappa shape index (κ1) is 12.3. The molecule has 2 rings (SSSR count). The summed E-state index contributed by atoms with van der Waals surface area (Å²) in [5.74, 6) is 0.833. The molecule has 0 saturated carbocycles. The number of rotatable bonds is 3.